The number of carbonyl (C=O) groups is 2. The topological polar surface area (TPSA) is 128 Å². The molecule has 1 aliphatic carbocycles. The molecule has 0 unspecified atom stereocenters. The third-order valence-electron chi connectivity index (χ3n) is 6.24. The van der Waals surface area contributed by atoms with Crippen LogP contribution in [0.5, 0.6) is 0 Å². The van der Waals surface area contributed by atoms with Gasteiger partial charge in [0.05, 0.1) is 11.5 Å². The molecule has 4 rings (SSSR count). The van der Waals surface area contributed by atoms with Crippen LogP contribution in [-0.4, -0.2) is 68.4 Å². The predicted octanol–water partition coefficient (Wildman–Crippen LogP) is 2.26. The van der Waals surface area contributed by atoms with E-state index in [1.165, 1.54) is 0 Å². The van der Waals surface area contributed by atoms with Crippen LogP contribution in [0.2, 0.25) is 0 Å². The van der Waals surface area contributed by atoms with E-state index in [4.69, 9.17) is 9.15 Å². The van der Waals surface area contributed by atoms with Crippen molar-refractivity contribution in [2.24, 2.45) is 5.92 Å². The molecule has 2 aliphatic rings. The average molecular weight is 492 g/mol. The number of ketones is 1. The minimum Gasteiger partial charge on any atom is -0.434 e. The Morgan fingerprint density at radius 1 is 1.09 bits per heavy atom. The van der Waals surface area contributed by atoms with Crippen LogP contribution in [-0.2, 0) is 19.4 Å². The van der Waals surface area contributed by atoms with Crippen molar-refractivity contribution < 1.29 is 27.2 Å². The zero-order valence-corrected chi connectivity index (χ0v) is 20.1. The first-order chi connectivity index (χ1) is 16.4. The molecule has 0 radical (unpaired) electrons. The highest BCUT2D eigenvalue weighted by Gasteiger charge is 2.33. The van der Waals surface area contributed by atoms with Crippen molar-refractivity contribution in [1.29, 1.82) is 0 Å². The van der Waals surface area contributed by atoms with Crippen LogP contribution in [0.4, 0.5) is 0 Å². The number of ether oxygens (including phenoxy) is 1. The summed E-state index contributed by atoms with van der Waals surface area (Å²) in [5.41, 5.74) is 1.23. The maximum absolute atomic E-state index is 12.9. The van der Waals surface area contributed by atoms with E-state index in [-0.39, 0.29) is 47.5 Å². The van der Waals surface area contributed by atoms with Gasteiger partial charge in [0, 0.05) is 32.2 Å². The second-order valence-corrected chi connectivity index (χ2v) is 11.4. The number of carbonyl (C=O) groups excluding carboxylic acids is 2. The fourth-order valence-electron chi connectivity index (χ4n) is 4.16. The summed E-state index contributed by atoms with van der Waals surface area (Å²) in [5, 5.41) is 6.10. The average Bonchev–Trinajstić information content (AvgIpc) is 3.51. The van der Waals surface area contributed by atoms with Gasteiger partial charge < -0.3 is 19.8 Å². The lowest BCUT2D eigenvalue weighted by molar-refractivity contribution is -0.123. The van der Waals surface area contributed by atoms with Crippen molar-refractivity contribution in [3.8, 4) is 0 Å². The second-order valence-electron chi connectivity index (χ2n) is 9.28. The largest absolute Gasteiger partial charge is 0.434 e. The first-order valence-corrected chi connectivity index (χ1v) is 13.9. The Kier molecular flexibility index (Phi) is 8.33. The van der Waals surface area contributed by atoms with Crippen molar-refractivity contribution in [3.63, 3.8) is 0 Å². The fourth-order valence-corrected chi connectivity index (χ4v) is 6.10. The van der Waals surface area contributed by atoms with Crippen LogP contribution < -0.4 is 10.6 Å². The standard InChI is InChI=1S/C24H33N3O6S/c28-21(24-27-19-5-1-2-7-22(19)33-24)6-3-4-12-25-23(29)20(26-18-10-13-32-14-11-18)16-34(30,31)15-17-8-9-17/h1-2,5,7,17-18,20,26H,3-4,6,8-16H2,(H,25,29)/t20-/m0/s1. The maximum Gasteiger partial charge on any atom is 0.264 e. The number of nitrogens with zero attached hydrogens (tertiary/aromatic N) is 1. The highest BCUT2D eigenvalue weighted by Crippen LogP contribution is 2.30. The van der Waals surface area contributed by atoms with Crippen LogP contribution in [0, 0.1) is 5.92 Å². The summed E-state index contributed by atoms with van der Waals surface area (Å²) >= 11 is 0. The lowest BCUT2D eigenvalue weighted by atomic mass is 10.1. The Morgan fingerprint density at radius 2 is 1.85 bits per heavy atom. The number of unbranched alkanes of at least 4 members (excludes halogenated alkanes) is 1. The van der Waals surface area contributed by atoms with E-state index >= 15 is 0 Å². The predicted molar refractivity (Wildman–Crippen MR) is 127 cm³/mol. The quantitative estimate of drug-likeness (QED) is 0.323. The maximum atomic E-state index is 12.9. The first-order valence-electron chi connectivity index (χ1n) is 12.1. The number of aromatic nitrogens is 1. The Bertz CT molecular complexity index is 1060. The molecule has 1 atom stereocenters. The van der Waals surface area contributed by atoms with Gasteiger partial charge in [-0.1, -0.05) is 12.1 Å². The fraction of sp³-hybridized carbons (Fsp3) is 0.625. The van der Waals surface area contributed by atoms with Crippen LogP contribution in [0.15, 0.2) is 28.7 Å². The number of sulfone groups is 1. The number of nitrogens with one attached hydrogen (secondary N) is 2. The molecule has 2 N–H and O–H groups in total. The Hall–Kier alpha value is -2.30. The molecular weight excluding hydrogens is 458 g/mol. The van der Waals surface area contributed by atoms with Crippen molar-refractivity contribution >= 4 is 32.6 Å². The van der Waals surface area contributed by atoms with Gasteiger partial charge in [-0.2, -0.15) is 0 Å². The van der Waals surface area contributed by atoms with Crippen LogP contribution in [0.1, 0.15) is 55.6 Å². The summed E-state index contributed by atoms with van der Waals surface area (Å²) in [6.45, 7) is 1.58. The third kappa shape index (κ3) is 7.35. The summed E-state index contributed by atoms with van der Waals surface area (Å²) in [6, 6.07) is 6.50. The molecule has 186 valence electrons. The molecule has 2 aromatic rings. The van der Waals surface area contributed by atoms with E-state index in [0.717, 1.165) is 25.7 Å². The van der Waals surface area contributed by atoms with E-state index in [1.54, 1.807) is 12.1 Å². The summed E-state index contributed by atoms with van der Waals surface area (Å²) in [7, 11) is -3.32. The Labute approximate surface area is 199 Å². The zero-order chi connectivity index (χ0) is 24.0. The van der Waals surface area contributed by atoms with E-state index in [0.29, 0.717) is 43.7 Å². The number of hydrogen-bond donors (Lipinski definition) is 2. The number of benzene rings is 1. The molecule has 1 amide bonds. The minimum absolute atomic E-state index is 0.0644. The van der Waals surface area contributed by atoms with Crippen molar-refractivity contribution in [1.82, 2.24) is 15.6 Å². The smallest absolute Gasteiger partial charge is 0.264 e. The molecule has 34 heavy (non-hydrogen) atoms. The Morgan fingerprint density at radius 3 is 2.59 bits per heavy atom. The van der Waals surface area contributed by atoms with Gasteiger partial charge in [0.1, 0.15) is 11.6 Å². The number of fused-ring (bicyclic) bond motifs is 1. The summed E-state index contributed by atoms with van der Waals surface area (Å²) in [6.07, 6.45) is 4.83. The van der Waals surface area contributed by atoms with Gasteiger partial charge >= 0.3 is 0 Å². The molecule has 1 aliphatic heterocycles. The molecular formula is C24H33N3O6S. The van der Waals surface area contributed by atoms with Crippen LogP contribution in [0.25, 0.3) is 11.1 Å². The monoisotopic (exact) mass is 491 g/mol. The Balaban J connectivity index is 1.23. The molecule has 2 heterocycles. The molecule has 0 bridgehead atoms. The molecule has 0 spiro atoms. The van der Waals surface area contributed by atoms with E-state index in [2.05, 4.69) is 15.6 Å². The van der Waals surface area contributed by atoms with Crippen LogP contribution >= 0.6 is 0 Å². The highest BCUT2D eigenvalue weighted by molar-refractivity contribution is 7.91. The van der Waals surface area contributed by atoms with Crippen molar-refractivity contribution in [3.05, 3.63) is 30.2 Å². The summed E-state index contributed by atoms with van der Waals surface area (Å²) < 4.78 is 36.1. The van der Waals surface area contributed by atoms with Crippen molar-refractivity contribution in [2.75, 3.05) is 31.3 Å². The molecule has 2 fully saturated rings. The van der Waals surface area contributed by atoms with Crippen LogP contribution in [0.3, 0.4) is 0 Å². The summed E-state index contributed by atoms with van der Waals surface area (Å²) in [4.78, 5) is 29.4. The van der Waals surface area contributed by atoms with Crippen molar-refractivity contribution in [2.45, 2.75) is 57.0 Å². The van der Waals surface area contributed by atoms with Gasteiger partial charge in [-0.05, 0) is 56.6 Å². The SMILES string of the molecule is O=C(CCCCNC(=O)[C@H](CS(=O)(=O)CC1CC1)NC1CCOCC1)c1nc2ccccc2o1. The normalized spacial score (nSPS) is 18.1. The van der Waals surface area contributed by atoms with Gasteiger partial charge in [0.15, 0.2) is 15.4 Å². The van der Waals surface area contributed by atoms with E-state index < -0.39 is 15.9 Å². The highest BCUT2D eigenvalue weighted by atomic mass is 32.2. The first kappa shape index (κ1) is 24.8. The van der Waals surface area contributed by atoms with Gasteiger partial charge in [0.2, 0.25) is 11.7 Å². The number of Topliss-reactive ketones (excluding diaryl/α,β-unsaturated/α-hetero) is 1. The molecule has 9 nitrogen and oxygen atoms in total. The lowest BCUT2D eigenvalue weighted by Gasteiger charge is -2.28. The van der Waals surface area contributed by atoms with Gasteiger partial charge in [0.25, 0.3) is 5.89 Å². The lowest BCUT2D eigenvalue weighted by Crippen LogP contribution is -2.53. The number of amides is 1. The molecule has 1 aromatic carbocycles. The number of hydrogen-bond acceptors (Lipinski definition) is 8. The number of oxazole rings is 1. The number of rotatable bonds is 13. The van der Waals surface area contributed by atoms with Gasteiger partial charge in [-0.3, -0.25) is 9.59 Å². The zero-order valence-electron chi connectivity index (χ0n) is 19.3. The van der Waals surface area contributed by atoms with Gasteiger partial charge in [-0.25, -0.2) is 13.4 Å². The molecule has 1 saturated heterocycles. The molecule has 1 aromatic heterocycles. The minimum atomic E-state index is -3.32. The molecule has 10 heteroatoms. The van der Waals surface area contributed by atoms with Gasteiger partial charge in [-0.15, -0.1) is 0 Å². The molecule has 1 saturated carbocycles. The van der Waals surface area contributed by atoms with E-state index in [1.807, 2.05) is 12.1 Å². The second kappa shape index (κ2) is 11.4. The third-order valence-corrected chi connectivity index (χ3v) is 8.06. The van der Waals surface area contributed by atoms with E-state index in [9.17, 15) is 18.0 Å². The summed E-state index contributed by atoms with van der Waals surface area (Å²) in [5.74, 6) is -0.168. The number of para-hydroxylation sites is 2.